The molecule has 4 heteroatoms. The lowest BCUT2D eigenvalue weighted by molar-refractivity contribution is -0.113. The minimum atomic E-state index is 0.0202. The molecule has 0 amide bonds. The minimum Gasteiger partial charge on any atom is -0.493 e. The number of ketones is 1. The summed E-state index contributed by atoms with van der Waals surface area (Å²) in [5, 5.41) is 0. The zero-order chi connectivity index (χ0) is 13.7. The maximum Gasteiger partial charge on any atom is 0.203 e. The molecule has 0 aliphatic rings. The van der Waals surface area contributed by atoms with Gasteiger partial charge in [-0.2, -0.15) is 0 Å². The Labute approximate surface area is 107 Å². The van der Waals surface area contributed by atoms with Crippen molar-refractivity contribution in [3.05, 3.63) is 23.3 Å². The molecule has 0 heterocycles. The first-order chi connectivity index (χ1) is 8.54. The fourth-order valence-electron chi connectivity index (χ4n) is 1.57. The van der Waals surface area contributed by atoms with Crippen LogP contribution in [0.25, 0.3) is 6.08 Å². The van der Waals surface area contributed by atoms with Crippen molar-refractivity contribution in [1.29, 1.82) is 0 Å². The molecule has 0 fully saturated rings. The van der Waals surface area contributed by atoms with Gasteiger partial charge in [-0.3, -0.25) is 4.79 Å². The van der Waals surface area contributed by atoms with Gasteiger partial charge in [0.1, 0.15) is 0 Å². The molecule has 4 nitrogen and oxygen atoms in total. The lowest BCUT2D eigenvalue weighted by Crippen LogP contribution is -1.98. The highest BCUT2D eigenvalue weighted by Crippen LogP contribution is 2.40. The molecule has 98 valence electrons. The number of hydrogen-bond donors (Lipinski definition) is 0. The van der Waals surface area contributed by atoms with Gasteiger partial charge < -0.3 is 14.2 Å². The quantitative estimate of drug-likeness (QED) is 0.754. The maximum atomic E-state index is 11.3. The Morgan fingerprint density at radius 2 is 1.61 bits per heavy atom. The highest BCUT2D eigenvalue weighted by Gasteiger charge is 2.14. The number of allylic oxidation sites excluding steroid dienone is 1. The predicted octanol–water partition coefficient (Wildman–Crippen LogP) is 2.70. The monoisotopic (exact) mass is 250 g/mol. The second kappa shape index (κ2) is 6.10. The Morgan fingerprint density at radius 3 is 2.06 bits per heavy atom. The SMILES string of the molecule is COc1ccc(/C=C(/C)C(C)=O)c(OC)c1OC. The van der Waals surface area contributed by atoms with Gasteiger partial charge >= 0.3 is 0 Å². The van der Waals surface area contributed by atoms with E-state index in [1.807, 2.05) is 6.07 Å². The van der Waals surface area contributed by atoms with Crippen molar-refractivity contribution in [3.8, 4) is 17.2 Å². The number of carbonyl (C=O) groups is 1. The van der Waals surface area contributed by atoms with E-state index in [-0.39, 0.29) is 5.78 Å². The van der Waals surface area contributed by atoms with Crippen molar-refractivity contribution in [2.45, 2.75) is 13.8 Å². The van der Waals surface area contributed by atoms with E-state index in [0.29, 0.717) is 22.8 Å². The van der Waals surface area contributed by atoms with Gasteiger partial charge in [0.25, 0.3) is 0 Å². The third-order valence-electron chi connectivity index (χ3n) is 2.66. The van der Waals surface area contributed by atoms with Crippen LogP contribution in [0.2, 0.25) is 0 Å². The molecule has 0 N–H and O–H groups in total. The van der Waals surface area contributed by atoms with Crippen LogP contribution >= 0.6 is 0 Å². The number of ether oxygens (including phenoxy) is 3. The summed E-state index contributed by atoms with van der Waals surface area (Å²) in [6.07, 6.45) is 1.77. The van der Waals surface area contributed by atoms with Crippen LogP contribution in [0, 0.1) is 0 Å². The molecule has 0 saturated heterocycles. The minimum absolute atomic E-state index is 0.0202. The number of Topliss-reactive ketones (excluding diaryl/α,β-unsaturated/α-hetero) is 1. The van der Waals surface area contributed by atoms with Crippen LogP contribution in [0.4, 0.5) is 0 Å². The summed E-state index contributed by atoms with van der Waals surface area (Å²) in [7, 11) is 4.66. The van der Waals surface area contributed by atoms with Gasteiger partial charge in [0.15, 0.2) is 17.3 Å². The second-order valence-electron chi connectivity index (χ2n) is 3.81. The lowest BCUT2D eigenvalue weighted by atomic mass is 10.1. The third-order valence-corrected chi connectivity index (χ3v) is 2.66. The van der Waals surface area contributed by atoms with Crippen LogP contribution in [0.1, 0.15) is 19.4 Å². The van der Waals surface area contributed by atoms with Crippen molar-refractivity contribution in [2.75, 3.05) is 21.3 Å². The standard InChI is InChI=1S/C14H18O4/c1-9(10(2)15)8-11-6-7-12(16-3)14(18-5)13(11)17-4/h6-8H,1-5H3/b9-8-. The molecule has 0 spiro atoms. The maximum absolute atomic E-state index is 11.3. The van der Waals surface area contributed by atoms with Gasteiger partial charge in [0, 0.05) is 5.56 Å². The summed E-state index contributed by atoms with van der Waals surface area (Å²) in [4.78, 5) is 11.3. The molecule has 1 aromatic rings. The molecular weight excluding hydrogens is 232 g/mol. The normalized spacial score (nSPS) is 11.1. The lowest BCUT2D eigenvalue weighted by Gasteiger charge is -2.14. The molecule has 0 aliphatic heterocycles. The third kappa shape index (κ3) is 2.83. The number of rotatable bonds is 5. The number of carbonyl (C=O) groups excluding carboxylic acids is 1. The molecule has 1 aromatic carbocycles. The summed E-state index contributed by atoms with van der Waals surface area (Å²) in [6.45, 7) is 3.29. The van der Waals surface area contributed by atoms with Gasteiger partial charge in [-0.25, -0.2) is 0 Å². The fraction of sp³-hybridized carbons (Fsp3) is 0.357. The van der Waals surface area contributed by atoms with E-state index in [1.54, 1.807) is 40.4 Å². The largest absolute Gasteiger partial charge is 0.493 e. The molecule has 0 aliphatic carbocycles. The first-order valence-electron chi connectivity index (χ1n) is 5.53. The van der Waals surface area contributed by atoms with Crippen molar-refractivity contribution >= 4 is 11.9 Å². The summed E-state index contributed by atoms with van der Waals surface area (Å²) in [5.41, 5.74) is 1.43. The van der Waals surface area contributed by atoms with Gasteiger partial charge in [0.05, 0.1) is 21.3 Å². The van der Waals surface area contributed by atoms with E-state index < -0.39 is 0 Å². The molecule has 0 radical (unpaired) electrons. The zero-order valence-electron chi connectivity index (χ0n) is 11.4. The highest BCUT2D eigenvalue weighted by molar-refractivity contribution is 5.97. The van der Waals surface area contributed by atoms with Crippen molar-refractivity contribution < 1.29 is 19.0 Å². The van der Waals surface area contributed by atoms with E-state index in [2.05, 4.69) is 0 Å². The van der Waals surface area contributed by atoms with Gasteiger partial charge in [-0.15, -0.1) is 0 Å². The Kier molecular flexibility index (Phi) is 4.77. The van der Waals surface area contributed by atoms with Crippen LogP contribution in [0.3, 0.4) is 0 Å². The number of hydrogen-bond acceptors (Lipinski definition) is 4. The first-order valence-corrected chi connectivity index (χ1v) is 5.53. The Hall–Kier alpha value is -1.97. The topological polar surface area (TPSA) is 44.8 Å². The van der Waals surface area contributed by atoms with Crippen LogP contribution in [0.15, 0.2) is 17.7 Å². The van der Waals surface area contributed by atoms with Crippen molar-refractivity contribution in [2.24, 2.45) is 0 Å². The Bertz CT molecular complexity index is 475. The molecule has 0 saturated carbocycles. The molecule has 1 rings (SSSR count). The molecular formula is C14H18O4. The molecule has 0 aromatic heterocycles. The highest BCUT2D eigenvalue weighted by atomic mass is 16.5. The second-order valence-corrected chi connectivity index (χ2v) is 3.81. The smallest absolute Gasteiger partial charge is 0.203 e. The summed E-state index contributed by atoms with van der Waals surface area (Å²) < 4.78 is 15.8. The van der Waals surface area contributed by atoms with E-state index in [4.69, 9.17) is 14.2 Å². The van der Waals surface area contributed by atoms with Crippen LogP contribution in [0.5, 0.6) is 17.2 Å². The van der Waals surface area contributed by atoms with Crippen molar-refractivity contribution in [1.82, 2.24) is 0 Å². The van der Waals surface area contributed by atoms with E-state index in [1.165, 1.54) is 6.92 Å². The summed E-state index contributed by atoms with van der Waals surface area (Å²) >= 11 is 0. The first kappa shape index (κ1) is 14.1. The van der Waals surface area contributed by atoms with Crippen LogP contribution in [-0.2, 0) is 4.79 Å². The van der Waals surface area contributed by atoms with Crippen molar-refractivity contribution in [3.63, 3.8) is 0 Å². The molecule has 18 heavy (non-hydrogen) atoms. The average molecular weight is 250 g/mol. The van der Waals surface area contributed by atoms with Gasteiger partial charge in [-0.05, 0) is 37.6 Å². The summed E-state index contributed by atoms with van der Waals surface area (Å²) in [5.74, 6) is 1.68. The molecule has 0 atom stereocenters. The van der Waals surface area contributed by atoms with E-state index in [9.17, 15) is 4.79 Å². The Balaban J connectivity index is 3.38. The molecule has 0 unspecified atom stereocenters. The summed E-state index contributed by atoms with van der Waals surface area (Å²) in [6, 6.07) is 3.60. The zero-order valence-corrected chi connectivity index (χ0v) is 11.4. The van der Waals surface area contributed by atoms with Gasteiger partial charge in [-0.1, -0.05) is 0 Å². The van der Waals surface area contributed by atoms with E-state index in [0.717, 1.165) is 5.56 Å². The molecule has 0 bridgehead atoms. The fourth-order valence-corrected chi connectivity index (χ4v) is 1.57. The predicted molar refractivity (Wildman–Crippen MR) is 70.4 cm³/mol. The van der Waals surface area contributed by atoms with Gasteiger partial charge in [0.2, 0.25) is 5.75 Å². The van der Waals surface area contributed by atoms with Crippen LogP contribution < -0.4 is 14.2 Å². The van der Waals surface area contributed by atoms with E-state index >= 15 is 0 Å². The number of benzene rings is 1. The number of methoxy groups -OCH3 is 3. The van der Waals surface area contributed by atoms with Crippen LogP contribution in [-0.4, -0.2) is 27.1 Å². The average Bonchev–Trinajstić information content (AvgIpc) is 2.37. The Morgan fingerprint density at radius 1 is 1.00 bits per heavy atom.